The van der Waals surface area contributed by atoms with Gasteiger partial charge >= 0.3 is 0 Å². The predicted octanol–water partition coefficient (Wildman–Crippen LogP) is 2.04. The molecule has 1 rings (SSSR count). The largest absolute Gasteiger partial charge is 0.264 e. The van der Waals surface area contributed by atoms with E-state index in [2.05, 4.69) is 29.5 Å². The predicted molar refractivity (Wildman–Crippen MR) is 53.3 cm³/mol. The van der Waals surface area contributed by atoms with Crippen molar-refractivity contribution in [3.8, 4) is 11.5 Å². The maximum Gasteiger partial charge on any atom is 0.138 e. The van der Waals surface area contributed by atoms with Gasteiger partial charge in [0, 0.05) is 18.0 Å². The van der Waals surface area contributed by atoms with Crippen LogP contribution in [0.5, 0.6) is 0 Å². The van der Waals surface area contributed by atoms with E-state index < -0.39 is 8.80 Å². The summed E-state index contributed by atoms with van der Waals surface area (Å²) in [6.07, 6.45) is 3.64. The van der Waals surface area contributed by atoms with Crippen molar-refractivity contribution in [3.05, 3.63) is 29.6 Å². The molecule has 0 amide bonds. The van der Waals surface area contributed by atoms with E-state index in [1.54, 1.807) is 6.20 Å². The van der Waals surface area contributed by atoms with Gasteiger partial charge in [0.15, 0.2) is 0 Å². The highest BCUT2D eigenvalue weighted by Crippen LogP contribution is 2.01. The highest BCUT2D eigenvalue weighted by molar-refractivity contribution is 6.64. The standard InChI is InChI=1S/C10H12NSi/c1-9-8-11-6-4-10(9)5-7-12(2)3/h4,6,8H,1-3H3. The van der Waals surface area contributed by atoms with Gasteiger partial charge in [0.1, 0.15) is 8.80 Å². The van der Waals surface area contributed by atoms with E-state index in [0.29, 0.717) is 0 Å². The zero-order valence-electron chi connectivity index (χ0n) is 7.68. The maximum absolute atomic E-state index is 4.01. The minimum atomic E-state index is -0.430. The van der Waals surface area contributed by atoms with E-state index >= 15 is 0 Å². The monoisotopic (exact) mass is 174 g/mol. The molecule has 61 valence electrons. The van der Waals surface area contributed by atoms with Crippen molar-refractivity contribution in [3.63, 3.8) is 0 Å². The van der Waals surface area contributed by atoms with Crippen molar-refractivity contribution in [1.29, 1.82) is 0 Å². The van der Waals surface area contributed by atoms with Gasteiger partial charge in [-0.2, -0.15) is 0 Å². The molecule has 1 heterocycles. The van der Waals surface area contributed by atoms with Crippen LogP contribution in [0.1, 0.15) is 11.1 Å². The quantitative estimate of drug-likeness (QED) is 0.433. The third-order valence-corrected chi connectivity index (χ3v) is 2.09. The normalized spacial score (nSPS) is 9.33. The molecule has 0 aromatic carbocycles. The summed E-state index contributed by atoms with van der Waals surface area (Å²) in [5.74, 6) is 3.17. The first-order chi connectivity index (χ1) is 5.70. The lowest BCUT2D eigenvalue weighted by Crippen LogP contribution is -1.94. The Morgan fingerprint density at radius 2 is 2.17 bits per heavy atom. The molecule has 12 heavy (non-hydrogen) atoms. The van der Waals surface area contributed by atoms with Gasteiger partial charge in [-0.15, -0.1) is 5.54 Å². The van der Waals surface area contributed by atoms with Crippen LogP contribution in [0.15, 0.2) is 18.5 Å². The number of nitrogens with zero attached hydrogens (tertiary/aromatic N) is 1. The Balaban J connectivity index is 2.92. The first kappa shape index (κ1) is 9.02. The van der Waals surface area contributed by atoms with Crippen LogP contribution >= 0.6 is 0 Å². The highest BCUT2D eigenvalue weighted by atomic mass is 28.3. The zero-order valence-corrected chi connectivity index (χ0v) is 8.68. The summed E-state index contributed by atoms with van der Waals surface area (Å²) in [5.41, 5.74) is 5.49. The molecule has 0 aliphatic carbocycles. The zero-order chi connectivity index (χ0) is 8.97. The van der Waals surface area contributed by atoms with Gasteiger partial charge in [-0.3, -0.25) is 4.98 Å². The van der Waals surface area contributed by atoms with Crippen molar-refractivity contribution >= 4 is 8.80 Å². The Labute approximate surface area is 75.5 Å². The Kier molecular flexibility index (Phi) is 3.07. The molecular formula is C10H12NSi. The lowest BCUT2D eigenvalue weighted by atomic mass is 10.2. The molecule has 0 bridgehead atoms. The van der Waals surface area contributed by atoms with Crippen LogP contribution in [0.2, 0.25) is 13.1 Å². The first-order valence-electron chi connectivity index (χ1n) is 3.93. The van der Waals surface area contributed by atoms with Crippen molar-refractivity contribution in [2.75, 3.05) is 0 Å². The molecule has 0 saturated carbocycles. The fourth-order valence-electron chi connectivity index (χ4n) is 0.806. The fraction of sp³-hybridized carbons (Fsp3) is 0.300. The summed E-state index contributed by atoms with van der Waals surface area (Å²) in [7, 11) is -0.430. The van der Waals surface area contributed by atoms with Crippen LogP contribution in [0.3, 0.4) is 0 Å². The molecule has 1 nitrogen and oxygen atoms in total. The third kappa shape index (κ3) is 2.52. The molecule has 0 unspecified atom stereocenters. The van der Waals surface area contributed by atoms with E-state index in [1.807, 2.05) is 19.2 Å². The number of pyridine rings is 1. The lowest BCUT2D eigenvalue weighted by Gasteiger charge is -1.94. The molecule has 0 fully saturated rings. The Morgan fingerprint density at radius 3 is 2.75 bits per heavy atom. The van der Waals surface area contributed by atoms with Crippen LogP contribution in [0.4, 0.5) is 0 Å². The van der Waals surface area contributed by atoms with Gasteiger partial charge in [0.25, 0.3) is 0 Å². The number of hydrogen-bond acceptors (Lipinski definition) is 1. The molecule has 2 heteroatoms. The van der Waals surface area contributed by atoms with E-state index in [1.165, 1.54) is 0 Å². The van der Waals surface area contributed by atoms with Gasteiger partial charge in [-0.1, -0.05) is 19.0 Å². The topological polar surface area (TPSA) is 12.9 Å². The summed E-state index contributed by atoms with van der Waals surface area (Å²) in [5, 5.41) is 0. The van der Waals surface area contributed by atoms with Crippen molar-refractivity contribution in [2.24, 2.45) is 0 Å². The Hall–Kier alpha value is -1.07. The third-order valence-electron chi connectivity index (χ3n) is 1.47. The minimum absolute atomic E-state index is 0.430. The number of rotatable bonds is 0. The van der Waals surface area contributed by atoms with E-state index in [9.17, 15) is 0 Å². The van der Waals surface area contributed by atoms with Crippen LogP contribution in [0, 0.1) is 18.4 Å². The summed E-state index contributed by atoms with van der Waals surface area (Å²) in [6, 6.07) is 1.97. The highest BCUT2D eigenvalue weighted by Gasteiger charge is 1.92. The number of aromatic nitrogens is 1. The lowest BCUT2D eigenvalue weighted by molar-refractivity contribution is 1.25. The van der Waals surface area contributed by atoms with Gasteiger partial charge in [0.05, 0.1) is 0 Å². The van der Waals surface area contributed by atoms with Gasteiger partial charge in [-0.25, -0.2) is 0 Å². The summed E-state index contributed by atoms with van der Waals surface area (Å²) >= 11 is 0. The molecule has 1 aromatic heterocycles. The van der Waals surface area contributed by atoms with Crippen LogP contribution in [0.25, 0.3) is 0 Å². The van der Waals surface area contributed by atoms with E-state index in [4.69, 9.17) is 0 Å². The summed E-state index contributed by atoms with van der Waals surface area (Å²) < 4.78 is 0. The number of hydrogen-bond donors (Lipinski definition) is 0. The molecule has 1 radical (unpaired) electrons. The van der Waals surface area contributed by atoms with Crippen molar-refractivity contribution in [2.45, 2.75) is 20.0 Å². The fourth-order valence-corrected chi connectivity index (χ4v) is 1.19. The molecule has 0 saturated heterocycles. The molecule has 0 aliphatic heterocycles. The molecule has 0 aliphatic rings. The van der Waals surface area contributed by atoms with Crippen LogP contribution in [-0.4, -0.2) is 13.8 Å². The van der Waals surface area contributed by atoms with Crippen molar-refractivity contribution < 1.29 is 0 Å². The smallest absolute Gasteiger partial charge is 0.138 e. The first-order valence-corrected chi connectivity index (χ1v) is 6.43. The second kappa shape index (κ2) is 4.08. The minimum Gasteiger partial charge on any atom is -0.264 e. The summed E-state index contributed by atoms with van der Waals surface area (Å²) in [6.45, 7) is 6.41. The number of aryl methyl sites for hydroxylation is 1. The van der Waals surface area contributed by atoms with Crippen LogP contribution in [-0.2, 0) is 0 Å². The summed E-state index contributed by atoms with van der Waals surface area (Å²) in [4.78, 5) is 4.01. The Bertz CT molecular complexity index is 320. The molecule has 0 N–H and O–H groups in total. The molecule has 0 spiro atoms. The molecular weight excluding hydrogens is 162 g/mol. The maximum atomic E-state index is 4.01. The van der Waals surface area contributed by atoms with Gasteiger partial charge < -0.3 is 0 Å². The van der Waals surface area contributed by atoms with E-state index in [0.717, 1.165) is 11.1 Å². The Morgan fingerprint density at radius 1 is 1.42 bits per heavy atom. The SMILES string of the molecule is Cc1cnccc1C#C[Si](C)C. The van der Waals surface area contributed by atoms with Gasteiger partial charge in [-0.05, 0) is 18.6 Å². The van der Waals surface area contributed by atoms with Gasteiger partial charge in [0.2, 0.25) is 0 Å². The van der Waals surface area contributed by atoms with Crippen molar-refractivity contribution in [1.82, 2.24) is 4.98 Å². The second-order valence-electron chi connectivity index (χ2n) is 2.94. The van der Waals surface area contributed by atoms with Crippen LogP contribution < -0.4 is 0 Å². The average molecular weight is 174 g/mol. The second-order valence-corrected chi connectivity index (χ2v) is 5.19. The average Bonchev–Trinajstić information content (AvgIpc) is 2.03. The molecule has 0 atom stereocenters. The molecule has 1 aromatic rings. The van der Waals surface area contributed by atoms with E-state index in [-0.39, 0.29) is 0 Å².